The fourth-order valence-corrected chi connectivity index (χ4v) is 2.37. The van der Waals surface area contributed by atoms with Gasteiger partial charge in [-0.05, 0) is 65.0 Å². The highest BCUT2D eigenvalue weighted by Crippen LogP contribution is 2.32. The van der Waals surface area contributed by atoms with E-state index in [2.05, 4.69) is 61.6 Å². The third-order valence-electron chi connectivity index (χ3n) is 3.14. The van der Waals surface area contributed by atoms with E-state index < -0.39 is 0 Å². The fourth-order valence-electron chi connectivity index (χ4n) is 1.73. The predicted octanol–water partition coefficient (Wildman–Crippen LogP) is 4.52. The molecule has 1 fully saturated rings. The first-order chi connectivity index (χ1) is 7.47. The Morgan fingerprint density at radius 1 is 1.25 bits per heavy atom. The van der Waals surface area contributed by atoms with Crippen LogP contribution < -0.4 is 4.74 Å². The van der Waals surface area contributed by atoms with Crippen molar-refractivity contribution in [2.24, 2.45) is 0 Å². The Bertz CT molecular complexity index is 375. The first kappa shape index (κ1) is 12.2. The van der Waals surface area contributed by atoms with E-state index in [1.54, 1.807) is 0 Å². The van der Waals surface area contributed by atoms with Gasteiger partial charge < -0.3 is 4.74 Å². The van der Waals surface area contributed by atoms with Gasteiger partial charge in [0.1, 0.15) is 5.75 Å². The summed E-state index contributed by atoms with van der Waals surface area (Å²) in [6.07, 6.45) is 4.23. The van der Waals surface area contributed by atoms with Crippen molar-refractivity contribution in [3.8, 4) is 5.75 Å². The third-order valence-corrected chi connectivity index (χ3v) is 3.99. The quantitative estimate of drug-likeness (QED) is 0.725. The monoisotopic (exact) mass is 330 g/mol. The van der Waals surface area contributed by atoms with Gasteiger partial charge >= 0.3 is 0 Å². The first-order valence-corrected chi connectivity index (χ1v) is 7.01. The zero-order valence-electron chi connectivity index (χ0n) is 10.2. The molecule has 0 bridgehead atoms. The summed E-state index contributed by atoms with van der Waals surface area (Å²) in [7, 11) is 0. The average Bonchev–Trinajstić information content (AvgIpc) is 2.11. The van der Waals surface area contributed by atoms with E-state index in [4.69, 9.17) is 4.74 Å². The van der Waals surface area contributed by atoms with Crippen LogP contribution in [0.15, 0.2) is 18.2 Å². The Labute approximate surface area is 112 Å². The SMILES string of the molecule is CC(C)(C)c1ccc(OC2CCC2)c(I)c1. The van der Waals surface area contributed by atoms with Gasteiger partial charge in [0.05, 0.1) is 9.67 Å². The number of ether oxygens (including phenoxy) is 1. The molecule has 1 aromatic rings. The van der Waals surface area contributed by atoms with E-state index in [0.717, 1.165) is 5.75 Å². The summed E-state index contributed by atoms with van der Waals surface area (Å²) in [5.74, 6) is 1.05. The van der Waals surface area contributed by atoms with Crippen molar-refractivity contribution in [2.45, 2.75) is 51.6 Å². The minimum atomic E-state index is 0.217. The van der Waals surface area contributed by atoms with Crippen molar-refractivity contribution in [3.05, 3.63) is 27.3 Å². The summed E-state index contributed by atoms with van der Waals surface area (Å²) < 4.78 is 7.17. The molecule has 0 aromatic heterocycles. The van der Waals surface area contributed by atoms with Crippen LogP contribution in [0.4, 0.5) is 0 Å². The van der Waals surface area contributed by atoms with Crippen molar-refractivity contribution in [1.29, 1.82) is 0 Å². The Hall–Kier alpha value is -0.250. The van der Waals surface area contributed by atoms with Crippen LogP contribution in [0.25, 0.3) is 0 Å². The molecule has 0 spiro atoms. The van der Waals surface area contributed by atoms with E-state index in [0.29, 0.717) is 6.10 Å². The number of benzene rings is 1. The largest absolute Gasteiger partial charge is 0.489 e. The molecular weight excluding hydrogens is 311 g/mol. The Balaban J connectivity index is 2.15. The fraction of sp³-hybridized carbons (Fsp3) is 0.571. The van der Waals surface area contributed by atoms with Gasteiger partial charge in [-0.25, -0.2) is 0 Å². The van der Waals surface area contributed by atoms with Crippen LogP contribution >= 0.6 is 22.6 Å². The maximum absolute atomic E-state index is 5.94. The van der Waals surface area contributed by atoms with Crippen LogP contribution in [0.2, 0.25) is 0 Å². The minimum Gasteiger partial charge on any atom is -0.489 e. The summed E-state index contributed by atoms with van der Waals surface area (Å²) in [5.41, 5.74) is 1.59. The summed E-state index contributed by atoms with van der Waals surface area (Å²) in [4.78, 5) is 0. The van der Waals surface area contributed by atoms with E-state index in [9.17, 15) is 0 Å². The number of hydrogen-bond acceptors (Lipinski definition) is 1. The van der Waals surface area contributed by atoms with Crippen LogP contribution in [-0.2, 0) is 5.41 Å². The van der Waals surface area contributed by atoms with Crippen LogP contribution in [0.3, 0.4) is 0 Å². The third kappa shape index (κ3) is 2.70. The minimum absolute atomic E-state index is 0.217. The van der Waals surface area contributed by atoms with Gasteiger partial charge in [0.25, 0.3) is 0 Å². The second-order valence-corrected chi connectivity index (χ2v) is 6.73. The number of halogens is 1. The molecule has 2 heteroatoms. The molecule has 0 aliphatic heterocycles. The Morgan fingerprint density at radius 3 is 2.38 bits per heavy atom. The van der Waals surface area contributed by atoms with E-state index >= 15 is 0 Å². The molecule has 1 nitrogen and oxygen atoms in total. The molecule has 0 atom stereocenters. The molecule has 1 aliphatic rings. The Kier molecular flexibility index (Phi) is 3.48. The van der Waals surface area contributed by atoms with Crippen LogP contribution in [0, 0.1) is 3.57 Å². The molecule has 0 saturated heterocycles. The molecule has 0 heterocycles. The molecule has 0 unspecified atom stereocenters. The zero-order valence-corrected chi connectivity index (χ0v) is 12.4. The lowest BCUT2D eigenvalue weighted by Crippen LogP contribution is -2.25. The molecule has 16 heavy (non-hydrogen) atoms. The number of hydrogen-bond donors (Lipinski definition) is 0. The molecule has 1 aliphatic carbocycles. The maximum Gasteiger partial charge on any atom is 0.133 e. The molecule has 1 saturated carbocycles. The lowest BCUT2D eigenvalue weighted by molar-refractivity contribution is 0.119. The average molecular weight is 330 g/mol. The van der Waals surface area contributed by atoms with Gasteiger partial charge in [-0.3, -0.25) is 0 Å². The lowest BCUT2D eigenvalue weighted by atomic mass is 9.87. The molecule has 0 amide bonds. The van der Waals surface area contributed by atoms with Crippen molar-refractivity contribution in [2.75, 3.05) is 0 Å². The van der Waals surface area contributed by atoms with E-state index in [1.165, 1.54) is 28.4 Å². The van der Waals surface area contributed by atoms with Gasteiger partial charge in [-0.2, -0.15) is 0 Å². The van der Waals surface area contributed by atoms with Crippen molar-refractivity contribution in [3.63, 3.8) is 0 Å². The summed E-state index contributed by atoms with van der Waals surface area (Å²) in [6, 6.07) is 6.56. The maximum atomic E-state index is 5.94. The molecule has 2 rings (SSSR count). The Morgan fingerprint density at radius 2 is 1.94 bits per heavy atom. The van der Waals surface area contributed by atoms with Crippen molar-refractivity contribution in [1.82, 2.24) is 0 Å². The van der Waals surface area contributed by atoms with Gasteiger partial charge in [0.2, 0.25) is 0 Å². The summed E-state index contributed by atoms with van der Waals surface area (Å²) in [6.45, 7) is 6.72. The second-order valence-electron chi connectivity index (χ2n) is 5.57. The normalized spacial score (nSPS) is 17.0. The summed E-state index contributed by atoms with van der Waals surface area (Å²) in [5, 5.41) is 0. The topological polar surface area (TPSA) is 9.23 Å². The highest BCUT2D eigenvalue weighted by atomic mass is 127. The highest BCUT2D eigenvalue weighted by Gasteiger charge is 2.21. The predicted molar refractivity (Wildman–Crippen MR) is 76.1 cm³/mol. The standard InChI is InChI=1S/C14H19IO/c1-14(2,3)10-7-8-13(12(15)9-10)16-11-5-4-6-11/h7-9,11H,4-6H2,1-3H3. The molecule has 0 radical (unpaired) electrons. The second kappa shape index (κ2) is 4.55. The molecule has 1 aromatic carbocycles. The molecule has 88 valence electrons. The van der Waals surface area contributed by atoms with Crippen molar-refractivity contribution >= 4 is 22.6 Å². The van der Waals surface area contributed by atoms with Gasteiger partial charge in [-0.15, -0.1) is 0 Å². The smallest absolute Gasteiger partial charge is 0.133 e. The van der Waals surface area contributed by atoms with Crippen LogP contribution in [-0.4, -0.2) is 6.10 Å². The molecular formula is C14H19IO. The lowest BCUT2D eigenvalue weighted by Gasteiger charge is -2.27. The highest BCUT2D eigenvalue weighted by molar-refractivity contribution is 14.1. The van der Waals surface area contributed by atoms with Crippen LogP contribution in [0.5, 0.6) is 5.75 Å². The van der Waals surface area contributed by atoms with Gasteiger partial charge in [0.15, 0.2) is 0 Å². The van der Waals surface area contributed by atoms with Gasteiger partial charge in [-0.1, -0.05) is 26.8 Å². The van der Waals surface area contributed by atoms with Crippen molar-refractivity contribution < 1.29 is 4.74 Å². The molecule has 0 N–H and O–H groups in total. The summed E-state index contributed by atoms with van der Waals surface area (Å²) >= 11 is 2.37. The number of rotatable bonds is 2. The van der Waals surface area contributed by atoms with E-state index in [1.807, 2.05) is 0 Å². The van der Waals surface area contributed by atoms with Crippen LogP contribution in [0.1, 0.15) is 45.6 Å². The first-order valence-electron chi connectivity index (χ1n) is 5.93. The van der Waals surface area contributed by atoms with Gasteiger partial charge in [0, 0.05) is 0 Å². The van der Waals surface area contributed by atoms with E-state index in [-0.39, 0.29) is 5.41 Å². The zero-order chi connectivity index (χ0) is 11.8.